The zero-order valence-corrected chi connectivity index (χ0v) is 8.63. The Hall–Kier alpha value is 0.0500. The summed E-state index contributed by atoms with van der Waals surface area (Å²) in [5.74, 6) is 1.21. The fraction of sp³-hybridized carbons (Fsp3) is 0.778. The molecule has 0 spiro atoms. The fourth-order valence-electron chi connectivity index (χ4n) is 1.00. The highest BCUT2D eigenvalue weighted by atomic mass is 32.2. The van der Waals surface area contributed by atoms with Crippen molar-refractivity contribution in [2.75, 3.05) is 18.6 Å². The molecule has 66 valence electrons. The largest absolute Gasteiger partial charge is 0.311 e. The van der Waals surface area contributed by atoms with Crippen LogP contribution in [0.1, 0.15) is 20.3 Å². The Labute approximate surface area is 74.6 Å². The van der Waals surface area contributed by atoms with Crippen LogP contribution in [-0.2, 0) is 0 Å². The lowest BCUT2D eigenvalue weighted by Gasteiger charge is -2.16. The molecule has 0 fully saturated rings. The molecule has 0 rings (SSSR count). The smallest absolute Gasteiger partial charge is 0.0281 e. The highest BCUT2D eigenvalue weighted by molar-refractivity contribution is 7.98. The quantitative estimate of drug-likeness (QED) is 0.619. The lowest BCUT2D eigenvalue weighted by Crippen LogP contribution is -2.30. The second kappa shape index (κ2) is 6.74. The first kappa shape index (κ1) is 11.1. The van der Waals surface area contributed by atoms with Crippen LogP contribution in [0.25, 0.3) is 0 Å². The molecule has 0 saturated heterocycles. The third-order valence-corrected chi connectivity index (χ3v) is 2.30. The van der Waals surface area contributed by atoms with Gasteiger partial charge in [0.15, 0.2) is 0 Å². The minimum Gasteiger partial charge on any atom is -0.311 e. The third-order valence-electron chi connectivity index (χ3n) is 1.66. The van der Waals surface area contributed by atoms with Crippen LogP contribution in [0.15, 0.2) is 12.2 Å². The van der Waals surface area contributed by atoms with Crippen molar-refractivity contribution in [3.8, 4) is 0 Å². The van der Waals surface area contributed by atoms with Crippen LogP contribution < -0.4 is 5.32 Å². The number of rotatable bonds is 6. The summed E-state index contributed by atoms with van der Waals surface area (Å²) in [5, 5.41) is 3.40. The Morgan fingerprint density at radius 1 is 1.64 bits per heavy atom. The van der Waals surface area contributed by atoms with Crippen molar-refractivity contribution in [1.82, 2.24) is 5.32 Å². The van der Waals surface area contributed by atoms with E-state index in [9.17, 15) is 0 Å². The number of hydrogen-bond donors (Lipinski definition) is 1. The predicted octanol–water partition coefficient (Wildman–Crippen LogP) is 2.29. The first-order chi connectivity index (χ1) is 5.22. The van der Waals surface area contributed by atoms with Gasteiger partial charge in [0.05, 0.1) is 0 Å². The van der Waals surface area contributed by atoms with Crippen molar-refractivity contribution in [3.05, 3.63) is 12.2 Å². The van der Waals surface area contributed by atoms with Gasteiger partial charge in [0.2, 0.25) is 0 Å². The molecule has 0 saturated carbocycles. The van der Waals surface area contributed by atoms with Gasteiger partial charge >= 0.3 is 0 Å². The van der Waals surface area contributed by atoms with Crippen molar-refractivity contribution in [3.63, 3.8) is 0 Å². The molecule has 0 amide bonds. The predicted molar refractivity (Wildman–Crippen MR) is 55.3 cm³/mol. The van der Waals surface area contributed by atoms with E-state index < -0.39 is 0 Å². The van der Waals surface area contributed by atoms with E-state index in [-0.39, 0.29) is 0 Å². The molecule has 1 nitrogen and oxygen atoms in total. The summed E-state index contributed by atoms with van der Waals surface area (Å²) in [5.41, 5.74) is 1.25. The minimum absolute atomic E-state index is 0.521. The first-order valence-electron chi connectivity index (χ1n) is 4.10. The normalized spacial score (nSPS) is 13.0. The van der Waals surface area contributed by atoms with Crippen molar-refractivity contribution in [1.29, 1.82) is 0 Å². The Kier molecular flexibility index (Phi) is 6.77. The molecule has 1 atom stereocenters. The van der Waals surface area contributed by atoms with Gasteiger partial charge in [0.1, 0.15) is 0 Å². The standard InChI is InChI=1S/C9H19NS/c1-5-10-9(8(2)3)6-7-11-4/h9-10H,2,5-7H2,1,3-4H3. The van der Waals surface area contributed by atoms with Crippen molar-refractivity contribution in [2.24, 2.45) is 0 Å². The topological polar surface area (TPSA) is 12.0 Å². The minimum atomic E-state index is 0.521. The SMILES string of the molecule is C=C(C)C(CCSC)NCC. The Bertz CT molecular complexity index is 112. The lowest BCUT2D eigenvalue weighted by molar-refractivity contribution is 0.579. The maximum atomic E-state index is 3.96. The summed E-state index contributed by atoms with van der Waals surface area (Å²) in [6, 6.07) is 0.521. The van der Waals surface area contributed by atoms with Crippen LogP contribution in [0, 0.1) is 0 Å². The number of thioether (sulfide) groups is 1. The molecule has 0 heterocycles. The molecule has 0 aromatic carbocycles. The molecule has 1 unspecified atom stereocenters. The van der Waals surface area contributed by atoms with Crippen LogP contribution in [0.5, 0.6) is 0 Å². The summed E-state index contributed by atoms with van der Waals surface area (Å²) in [4.78, 5) is 0. The monoisotopic (exact) mass is 173 g/mol. The molecule has 0 aromatic heterocycles. The van der Waals surface area contributed by atoms with E-state index in [1.165, 1.54) is 17.7 Å². The van der Waals surface area contributed by atoms with E-state index in [2.05, 4.69) is 32.0 Å². The maximum absolute atomic E-state index is 3.96. The van der Waals surface area contributed by atoms with E-state index in [1.54, 1.807) is 0 Å². The zero-order chi connectivity index (χ0) is 8.69. The van der Waals surface area contributed by atoms with Crippen LogP contribution in [0.2, 0.25) is 0 Å². The molecular formula is C9H19NS. The molecule has 0 bridgehead atoms. The van der Waals surface area contributed by atoms with E-state index in [0.29, 0.717) is 6.04 Å². The average Bonchev–Trinajstić information content (AvgIpc) is 1.97. The van der Waals surface area contributed by atoms with Gasteiger partial charge in [-0.2, -0.15) is 11.8 Å². The summed E-state index contributed by atoms with van der Waals surface area (Å²) in [6.45, 7) is 9.21. The van der Waals surface area contributed by atoms with Gasteiger partial charge in [-0.15, -0.1) is 0 Å². The summed E-state index contributed by atoms with van der Waals surface area (Å²) in [7, 11) is 0. The summed E-state index contributed by atoms with van der Waals surface area (Å²) >= 11 is 1.89. The van der Waals surface area contributed by atoms with E-state index in [4.69, 9.17) is 0 Å². The molecule has 11 heavy (non-hydrogen) atoms. The first-order valence-corrected chi connectivity index (χ1v) is 5.49. The van der Waals surface area contributed by atoms with E-state index >= 15 is 0 Å². The van der Waals surface area contributed by atoms with Gasteiger partial charge in [-0.05, 0) is 31.9 Å². The van der Waals surface area contributed by atoms with E-state index in [0.717, 1.165) is 6.54 Å². The Morgan fingerprint density at radius 3 is 2.64 bits per heavy atom. The molecular weight excluding hydrogens is 154 g/mol. The van der Waals surface area contributed by atoms with Gasteiger partial charge in [-0.25, -0.2) is 0 Å². The number of nitrogens with one attached hydrogen (secondary N) is 1. The van der Waals surface area contributed by atoms with Gasteiger partial charge in [-0.3, -0.25) is 0 Å². The third kappa shape index (κ3) is 5.33. The highest BCUT2D eigenvalue weighted by Crippen LogP contribution is 2.06. The Balaban J connectivity index is 3.60. The zero-order valence-electron chi connectivity index (χ0n) is 7.81. The van der Waals surface area contributed by atoms with Gasteiger partial charge in [-0.1, -0.05) is 19.1 Å². The maximum Gasteiger partial charge on any atom is 0.0281 e. The van der Waals surface area contributed by atoms with Crippen molar-refractivity contribution >= 4 is 11.8 Å². The molecule has 0 aliphatic rings. The van der Waals surface area contributed by atoms with Gasteiger partial charge in [0.25, 0.3) is 0 Å². The number of likely N-dealkylation sites (N-methyl/N-ethyl adjacent to an activating group) is 1. The van der Waals surface area contributed by atoms with Crippen LogP contribution >= 0.6 is 11.8 Å². The second-order valence-corrected chi connectivity index (χ2v) is 3.72. The molecule has 0 aromatic rings. The molecule has 0 radical (unpaired) electrons. The van der Waals surface area contributed by atoms with Crippen LogP contribution in [0.3, 0.4) is 0 Å². The molecule has 0 aliphatic carbocycles. The molecule has 0 aliphatic heterocycles. The van der Waals surface area contributed by atoms with Crippen molar-refractivity contribution in [2.45, 2.75) is 26.3 Å². The van der Waals surface area contributed by atoms with Gasteiger partial charge < -0.3 is 5.32 Å². The average molecular weight is 173 g/mol. The molecule has 1 N–H and O–H groups in total. The van der Waals surface area contributed by atoms with Crippen LogP contribution in [0.4, 0.5) is 0 Å². The van der Waals surface area contributed by atoms with Crippen molar-refractivity contribution < 1.29 is 0 Å². The highest BCUT2D eigenvalue weighted by Gasteiger charge is 2.05. The Morgan fingerprint density at radius 2 is 2.27 bits per heavy atom. The molecule has 2 heteroatoms. The lowest BCUT2D eigenvalue weighted by atomic mass is 10.1. The summed E-state index contributed by atoms with van der Waals surface area (Å²) < 4.78 is 0. The fourth-order valence-corrected chi connectivity index (χ4v) is 1.48. The number of hydrogen-bond acceptors (Lipinski definition) is 2. The van der Waals surface area contributed by atoms with Gasteiger partial charge in [0, 0.05) is 6.04 Å². The van der Waals surface area contributed by atoms with Crippen LogP contribution in [-0.4, -0.2) is 24.6 Å². The van der Waals surface area contributed by atoms with E-state index in [1.807, 2.05) is 11.8 Å². The second-order valence-electron chi connectivity index (χ2n) is 2.74. The summed E-state index contributed by atoms with van der Waals surface area (Å²) in [6.07, 6.45) is 3.34.